The monoisotopic (exact) mass is 458 g/mol. The molecule has 0 spiro atoms. The molecule has 3 heteroatoms. The van der Waals surface area contributed by atoms with Gasteiger partial charge in [0, 0.05) is 11.0 Å². The van der Waals surface area contributed by atoms with E-state index in [0.29, 0.717) is 0 Å². The second kappa shape index (κ2) is 7.99. The Morgan fingerprint density at radius 3 is 1.66 bits per heavy atom. The number of hydrogen-bond donors (Lipinski definition) is 0. The quantitative estimate of drug-likeness (QED) is 0.332. The van der Waals surface area contributed by atoms with Gasteiger partial charge in [0.15, 0.2) is 5.78 Å². The predicted molar refractivity (Wildman–Crippen MR) is 139 cm³/mol. The summed E-state index contributed by atoms with van der Waals surface area (Å²) < 4.78 is 10.9. The van der Waals surface area contributed by atoms with Gasteiger partial charge in [-0.3, -0.25) is 4.79 Å². The van der Waals surface area contributed by atoms with Crippen LogP contribution in [0.25, 0.3) is 11.1 Å². The molecule has 0 radical (unpaired) electrons. The summed E-state index contributed by atoms with van der Waals surface area (Å²) in [7, 11) is 3.34. The highest BCUT2D eigenvalue weighted by molar-refractivity contribution is 6.40. The van der Waals surface area contributed by atoms with Crippen molar-refractivity contribution in [2.75, 3.05) is 14.2 Å². The maximum atomic E-state index is 14.6. The number of Topliss-reactive ketones (excluding diaryl/α,β-unsaturated/α-hetero) is 1. The first-order valence-corrected chi connectivity index (χ1v) is 11.9. The van der Waals surface area contributed by atoms with Crippen molar-refractivity contribution >= 4 is 16.9 Å². The van der Waals surface area contributed by atoms with E-state index in [9.17, 15) is 4.79 Å². The number of carbonyl (C=O) groups is 1. The van der Waals surface area contributed by atoms with Gasteiger partial charge in [-0.1, -0.05) is 84.9 Å². The first-order chi connectivity index (χ1) is 17.2. The number of fused-ring (bicyclic) bond motifs is 1. The summed E-state index contributed by atoms with van der Waals surface area (Å²) in [6.45, 7) is 0. The molecule has 35 heavy (non-hydrogen) atoms. The molecule has 0 bridgehead atoms. The number of ketones is 1. The molecule has 1 saturated carbocycles. The van der Waals surface area contributed by atoms with E-state index in [1.807, 2.05) is 72.8 Å². The lowest BCUT2D eigenvalue weighted by atomic mass is 9.78. The fraction of sp³-hybridized carbons (Fsp3) is 0.156. The summed E-state index contributed by atoms with van der Waals surface area (Å²) in [5, 5.41) is 0. The highest BCUT2D eigenvalue weighted by atomic mass is 16.5. The Bertz CT molecular complexity index is 1420. The van der Waals surface area contributed by atoms with E-state index >= 15 is 0 Å². The molecule has 4 aromatic carbocycles. The third-order valence-electron chi connectivity index (χ3n) is 7.72. The summed E-state index contributed by atoms with van der Waals surface area (Å²) in [6.07, 6.45) is 0.743. The van der Waals surface area contributed by atoms with E-state index in [2.05, 4.69) is 36.4 Å². The van der Waals surface area contributed by atoms with Crippen LogP contribution in [0.15, 0.2) is 109 Å². The standard InChI is InChI=1S/C32H26O3/c1-34-26-17-13-23(14-18-26)29-28(22-9-5-3-6-10-22)30(33)32(24-11-7-4-8-12-24)21-31(29,32)25-15-19-27(35-2)20-16-25/h3-20H,21H2,1-2H3/t31-,32+/m0/s1. The minimum absolute atomic E-state index is 0.191. The smallest absolute Gasteiger partial charge is 0.175 e. The molecular weight excluding hydrogens is 432 g/mol. The molecule has 0 amide bonds. The van der Waals surface area contributed by atoms with Gasteiger partial charge >= 0.3 is 0 Å². The van der Waals surface area contributed by atoms with Crippen LogP contribution in [0.2, 0.25) is 0 Å². The highest BCUT2D eigenvalue weighted by Crippen LogP contribution is 2.77. The number of benzene rings is 4. The second-order valence-electron chi connectivity index (χ2n) is 9.26. The number of allylic oxidation sites excluding steroid dienone is 2. The van der Waals surface area contributed by atoms with Crippen molar-refractivity contribution in [1.82, 2.24) is 0 Å². The molecule has 1 fully saturated rings. The van der Waals surface area contributed by atoms with Crippen molar-refractivity contribution in [3.05, 3.63) is 131 Å². The molecule has 2 aliphatic rings. The largest absolute Gasteiger partial charge is 0.497 e. The van der Waals surface area contributed by atoms with E-state index in [-0.39, 0.29) is 5.78 Å². The maximum absolute atomic E-state index is 14.6. The van der Waals surface area contributed by atoms with Gasteiger partial charge in [0.25, 0.3) is 0 Å². The Hall–Kier alpha value is -4.11. The summed E-state index contributed by atoms with van der Waals surface area (Å²) in [5.74, 6) is 1.79. The minimum Gasteiger partial charge on any atom is -0.497 e. The van der Waals surface area contributed by atoms with E-state index < -0.39 is 10.8 Å². The topological polar surface area (TPSA) is 35.5 Å². The molecule has 172 valence electrons. The van der Waals surface area contributed by atoms with Gasteiger partial charge in [0.05, 0.1) is 19.6 Å². The zero-order chi connectivity index (χ0) is 24.0. The van der Waals surface area contributed by atoms with Crippen molar-refractivity contribution < 1.29 is 14.3 Å². The minimum atomic E-state index is -0.636. The third-order valence-corrected chi connectivity index (χ3v) is 7.72. The first-order valence-electron chi connectivity index (χ1n) is 11.9. The Morgan fingerprint density at radius 1 is 0.571 bits per heavy atom. The number of rotatable bonds is 6. The van der Waals surface area contributed by atoms with Gasteiger partial charge in [0.2, 0.25) is 0 Å². The van der Waals surface area contributed by atoms with Crippen LogP contribution >= 0.6 is 0 Å². The van der Waals surface area contributed by atoms with Gasteiger partial charge in [-0.25, -0.2) is 0 Å². The third kappa shape index (κ3) is 2.94. The van der Waals surface area contributed by atoms with Crippen LogP contribution in [0.3, 0.4) is 0 Å². The number of ether oxygens (including phenoxy) is 2. The van der Waals surface area contributed by atoms with Crippen molar-refractivity contribution in [3.8, 4) is 11.5 Å². The Kier molecular flexibility index (Phi) is 4.89. The van der Waals surface area contributed by atoms with Gasteiger partial charge < -0.3 is 9.47 Å². The van der Waals surface area contributed by atoms with Gasteiger partial charge in [-0.2, -0.15) is 0 Å². The molecule has 0 N–H and O–H groups in total. The van der Waals surface area contributed by atoms with Gasteiger partial charge in [-0.15, -0.1) is 0 Å². The summed E-state index contributed by atoms with van der Waals surface area (Å²) >= 11 is 0. The molecule has 2 atom stereocenters. The normalized spacial score (nSPS) is 22.6. The van der Waals surface area contributed by atoms with Crippen LogP contribution in [0.4, 0.5) is 0 Å². The maximum Gasteiger partial charge on any atom is 0.175 e. The lowest BCUT2D eigenvalue weighted by Gasteiger charge is -2.23. The molecule has 0 heterocycles. The Labute approximate surface area is 205 Å². The number of hydrogen-bond acceptors (Lipinski definition) is 3. The van der Waals surface area contributed by atoms with Crippen LogP contribution in [0, 0.1) is 0 Å². The van der Waals surface area contributed by atoms with Crippen molar-refractivity contribution in [2.24, 2.45) is 0 Å². The van der Waals surface area contributed by atoms with Gasteiger partial charge in [0.1, 0.15) is 11.5 Å². The lowest BCUT2D eigenvalue weighted by Crippen LogP contribution is -2.25. The summed E-state index contributed by atoms with van der Waals surface area (Å²) in [4.78, 5) is 14.6. The van der Waals surface area contributed by atoms with Crippen molar-refractivity contribution in [3.63, 3.8) is 0 Å². The summed E-state index contributed by atoms with van der Waals surface area (Å²) in [5.41, 5.74) is 5.00. The SMILES string of the molecule is COc1ccc(C2=C(c3ccccc3)C(=O)[C@]3(c4ccccc4)C[C@]23c2ccc(OC)cc2)cc1. The van der Waals surface area contributed by atoms with Gasteiger partial charge in [-0.05, 0) is 58.5 Å². The molecule has 0 saturated heterocycles. The highest BCUT2D eigenvalue weighted by Gasteiger charge is 2.79. The molecule has 6 rings (SSSR count). The lowest BCUT2D eigenvalue weighted by molar-refractivity contribution is -0.115. The predicted octanol–water partition coefficient (Wildman–Crippen LogP) is 6.48. The van der Waals surface area contributed by atoms with E-state index in [4.69, 9.17) is 9.47 Å². The molecule has 0 unspecified atom stereocenters. The Balaban J connectivity index is 1.67. The zero-order valence-corrected chi connectivity index (χ0v) is 19.8. The fourth-order valence-corrected chi connectivity index (χ4v) is 6.07. The molecular formula is C32H26O3. The average Bonchev–Trinajstić information content (AvgIpc) is 3.59. The van der Waals surface area contributed by atoms with Crippen LogP contribution in [-0.2, 0) is 15.6 Å². The van der Waals surface area contributed by atoms with Crippen LogP contribution < -0.4 is 9.47 Å². The molecule has 3 nitrogen and oxygen atoms in total. The zero-order valence-electron chi connectivity index (χ0n) is 19.8. The first kappa shape index (κ1) is 21.4. The van der Waals surface area contributed by atoms with Crippen molar-refractivity contribution in [2.45, 2.75) is 17.3 Å². The Morgan fingerprint density at radius 2 is 1.09 bits per heavy atom. The molecule has 4 aromatic rings. The number of methoxy groups -OCH3 is 2. The van der Waals surface area contributed by atoms with Crippen LogP contribution in [0.1, 0.15) is 28.7 Å². The van der Waals surface area contributed by atoms with Crippen LogP contribution in [-0.4, -0.2) is 20.0 Å². The number of carbonyl (C=O) groups excluding carboxylic acids is 1. The average molecular weight is 459 g/mol. The van der Waals surface area contributed by atoms with Crippen molar-refractivity contribution in [1.29, 1.82) is 0 Å². The van der Waals surface area contributed by atoms with E-state index in [1.54, 1.807) is 14.2 Å². The molecule has 0 aliphatic heterocycles. The van der Waals surface area contributed by atoms with Crippen LogP contribution in [0.5, 0.6) is 11.5 Å². The summed E-state index contributed by atoms with van der Waals surface area (Å²) in [6, 6.07) is 36.7. The molecule has 0 aromatic heterocycles. The fourth-order valence-electron chi connectivity index (χ4n) is 6.07. The molecule has 2 aliphatic carbocycles. The second-order valence-corrected chi connectivity index (χ2v) is 9.26. The van der Waals surface area contributed by atoms with E-state index in [0.717, 1.165) is 51.3 Å². The van der Waals surface area contributed by atoms with E-state index in [1.165, 1.54) is 0 Å².